The zero-order valence-electron chi connectivity index (χ0n) is 13.4. The highest BCUT2D eigenvalue weighted by atomic mass is 79.9. The second-order valence-electron chi connectivity index (χ2n) is 6.57. The number of nitrogens with zero attached hydrogens (tertiary/aromatic N) is 1. The SMILES string of the molecule is COc1cc2sc(CBr)nc2cc1O[Si](C)(C)C(C)(C)C. The molecule has 2 aromatic rings. The summed E-state index contributed by atoms with van der Waals surface area (Å²) in [6.07, 6.45) is 0. The second-order valence-corrected chi connectivity index (χ2v) is 13.0. The van der Waals surface area contributed by atoms with Crippen molar-refractivity contribution in [3.05, 3.63) is 17.1 Å². The number of ether oxygens (including phenoxy) is 1. The molecule has 0 unspecified atom stereocenters. The Bertz CT molecular complexity index is 649. The van der Waals surface area contributed by atoms with E-state index >= 15 is 0 Å². The van der Waals surface area contributed by atoms with E-state index in [0.717, 1.165) is 32.1 Å². The third-order valence-corrected chi connectivity index (χ3v) is 10.3. The van der Waals surface area contributed by atoms with Gasteiger partial charge in [0.15, 0.2) is 5.75 Å². The highest BCUT2D eigenvalue weighted by Gasteiger charge is 2.39. The van der Waals surface area contributed by atoms with Crippen LogP contribution in [0, 0.1) is 0 Å². The van der Waals surface area contributed by atoms with Crippen LogP contribution in [0.4, 0.5) is 0 Å². The number of aromatic nitrogens is 1. The maximum Gasteiger partial charge on any atom is 0.250 e. The van der Waals surface area contributed by atoms with Crippen LogP contribution in [0.2, 0.25) is 18.1 Å². The van der Waals surface area contributed by atoms with Crippen molar-refractivity contribution in [1.82, 2.24) is 4.98 Å². The molecule has 3 nitrogen and oxygen atoms in total. The minimum Gasteiger partial charge on any atom is -0.541 e. The quantitative estimate of drug-likeness (QED) is 0.506. The van der Waals surface area contributed by atoms with Crippen molar-refractivity contribution < 1.29 is 9.16 Å². The lowest BCUT2D eigenvalue weighted by Crippen LogP contribution is -2.43. The molecular formula is C15H22BrNO2SSi. The topological polar surface area (TPSA) is 31.4 Å². The number of alkyl halides is 1. The predicted molar refractivity (Wildman–Crippen MR) is 96.6 cm³/mol. The van der Waals surface area contributed by atoms with E-state index in [9.17, 15) is 0 Å². The minimum absolute atomic E-state index is 0.149. The predicted octanol–water partition coefficient (Wildman–Crippen LogP) is 5.58. The Morgan fingerprint density at radius 2 is 1.90 bits per heavy atom. The number of rotatable bonds is 4. The zero-order chi connectivity index (χ0) is 15.8. The van der Waals surface area contributed by atoms with Crippen LogP contribution in [0.3, 0.4) is 0 Å². The normalized spacial score (nSPS) is 12.7. The van der Waals surface area contributed by atoms with E-state index in [1.807, 2.05) is 12.1 Å². The summed E-state index contributed by atoms with van der Waals surface area (Å²) in [5, 5.41) is 1.99. The third kappa shape index (κ3) is 3.43. The van der Waals surface area contributed by atoms with Gasteiger partial charge in [-0.05, 0) is 18.1 Å². The van der Waals surface area contributed by atoms with E-state index in [2.05, 4.69) is 54.8 Å². The molecule has 0 atom stereocenters. The number of hydrogen-bond donors (Lipinski definition) is 0. The van der Waals surface area contributed by atoms with Crippen molar-refractivity contribution in [2.24, 2.45) is 0 Å². The van der Waals surface area contributed by atoms with Gasteiger partial charge in [-0.25, -0.2) is 4.98 Å². The van der Waals surface area contributed by atoms with Gasteiger partial charge < -0.3 is 9.16 Å². The summed E-state index contributed by atoms with van der Waals surface area (Å²) in [6.45, 7) is 11.2. The van der Waals surface area contributed by atoms with Crippen molar-refractivity contribution in [2.45, 2.75) is 44.2 Å². The number of methoxy groups -OCH3 is 1. The number of benzene rings is 1. The van der Waals surface area contributed by atoms with Crippen LogP contribution in [-0.4, -0.2) is 20.4 Å². The van der Waals surface area contributed by atoms with E-state index < -0.39 is 8.32 Å². The van der Waals surface area contributed by atoms with Crippen LogP contribution in [0.5, 0.6) is 11.5 Å². The first-order valence-corrected chi connectivity index (χ1v) is 11.7. The molecule has 116 valence electrons. The Morgan fingerprint density at radius 1 is 1.24 bits per heavy atom. The maximum atomic E-state index is 6.41. The second kappa shape index (κ2) is 5.89. The molecule has 1 aromatic heterocycles. The lowest BCUT2D eigenvalue weighted by atomic mass is 10.2. The molecule has 6 heteroatoms. The van der Waals surface area contributed by atoms with E-state index in [1.54, 1.807) is 18.4 Å². The van der Waals surface area contributed by atoms with Crippen LogP contribution >= 0.6 is 27.3 Å². The first-order valence-electron chi connectivity index (χ1n) is 6.90. The lowest BCUT2D eigenvalue weighted by Gasteiger charge is -2.36. The van der Waals surface area contributed by atoms with Crippen LogP contribution < -0.4 is 9.16 Å². The standard InChI is InChI=1S/C15H22BrNO2SSi/c1-15(2,3)21(5,6)19-12-7-10-13(8-11(12)18-4)20-14(9-16)17-10/h7-8H,9H2,1-6H3. The van der Waals surface area contributed by atoms with Gasteiger partial charge in [-0.15, -0.1) is 11.3 Å². The van der Waals surface area contributed by atoms with Crippen molar-refractivity contribution in [3.63, 3.8) is 0 Å². The highest BCUT2D eigenvalue weighted by molar-refractivity contribution is 9.08. The molecule has 0 aliphatic carbocycles. The minimum atomic E-state index is -1.90. The molecule has 0 radical (unpaired) electrons. The van der Waals surface area contributed by atoms with Gasteiger partial charge in [-0.2, -0.15) is 0 Å². The van der Waals surface area contributed by atoms with Gasteiger partial charge in [0.2, 0.25) is 0 Å². The smallest absolute Gasteiger partial charge is 0.250 e. The first kappa shape index (κ1) is 16.8. The molecule has 2 rings (SSSR count). The molecule has 21 heavy (non-hydrogen) atoms. The molecule has 1 aromatic carbocycles. The van der Waals surface area contributed by atoms with Gasteiger partial charge in [0.1, 0.15) is 10.8 Å². The summed E-state index contributed by atoms with van der Waals surface area (Å²) < 4.78 is 13.1. The van der Waals surface area contributed by atoms with Crippen molar-refractivity contribution in [3.8, 4) is 11.5 Å². The van der Waals surface area contributed by atoms with Crippen LogP contribution in [0.1, 0.15) is 25.8 Å². The Hall–Kier alpha value is -0.593. The van der Waals surface area contributed by atoms with Gasteiger partial charge in [0.05, 0.1) is 22.7 Å². The molecule has 0 N–H and O–H groups in total. The zero-order valence-corrected chi connectivity index (χ0v) is 16.8. The first-order chi connectivity index (χ1) is 9.68. The van der Waals surface area contributed by atoms with Crippen molar-refractivity contribution in [1.29, 1.82) is 0 Å². The fourth-order valence-corrected chi connectivity index (χ4v) is 4.02. The summed E-state index contributed by atoms with van der Waals surface area (Å²) in [7, 11) is -0.209. The van der Waals surface area contributed by atoms with Gasteiger partial charge in [0, 0.05) is 12.1 Å². The molecule has 0 fully saturated rings. The molecule has 0 saturated heterocycles. The summed E-state index contributed by atoms with van der Waals surface area (Å²) in [6, 6.07) is 4.04. The number of fused-ring (bicyclic) bond motifs is 1. The van der Waals surface area contributed by atoms with Gasteiger partial charge in [0.25, 0.3) is 8.32 Å². The van der Waals surface area contributed by atoms with Crippen LogP contribution in [0.25, 0.3) is 10.2 Å². The monoisotopic (exact) mass is 387 g/mol. The third-order valence-electron chi connectivity index (χ3n) is 4.00. The summed E-state index contributed by atoms with van der Waals surface area (Å²) in [5.74, 6) is 1.60. The molecule has 0 spiro atoms. The summed E-state index contributed by atoms with van der Waals surface area (Å²) >= 11 is 5.13. The largest absolute Gasteiger partial charge is 0.541 e. The molecule has 0 bridgehead atoms. The van der Waals surface area contributed by atoms with E-state index in [0.29, 0.717) is 0 Å². The summed E-state index contributed by atoms with van der Waals surface area (Å²) in [4.78, 5) is 4.61. The number of hydrogen-bond acceptors (Lipinski definition) is 4. The molecular weight excluding hydrogens is 366 g/mol. The van der Waals surface area contributed by atoms with E-state index in [4.69, 9.17) is 9.16 Å². The Balaban J connectivity index is 2.47. The average Bonchev–Trinajstić information content (AvgIpc) is 2.77. The number of thiazole rings is 1. The van der Waals surface area contributed by atoms with Gasteiger partial charge >= 0.3 is 0 Å². The maximum absolute atomic E-state index is 6.41. The fraction of sp³-hybridized carbons (Fsp3) is 0.533. The van der Waals surface area contributed by atoms with Crippen LogP contribution in [-0.2, 0) is 5.33 Å². The fourth-order valence-electron chi connectivity index (χ4n) is 1.71. The Kier molecular flexibility index (Phi) is 4.71. The lowest BCUT2D eigenvalue weighted by molar-refractivity contribution is 0.387. The molecule has 0 aliphatic heterocycles. The Morgan fingerprint density at radius 3 is 2.43 bits per heavy atom. The molecule has 0 saturated carbocycles. The molecule has 0 aliphatic rings. The molecule has 0 amide bonds. The van der Waals surface area contributed by atoms with Crippen LogP contribution in [0.15, 0.2) is 12.1 Å². The van der Waals surface area contributed by atoms with Gasteiger partial charge in [-0.3, -0.25) is 0 Å². The van der Waals surface area contributed by atoms with E-state index in [1.165, 1.54) is 0 Å². The van der Waals surface area contributed by atoms with Crippen molar-refractivity contribution >= 4 is 45.8 Å². The van der Waals surface area contributed by atoms with Gasteiger partial charge in [-0.1, -0.05) is 36.7 Å². The summed E-state index contributed by atoms with van der Waals surface area (Å²) in [5.41, 5.74) is 0.976. The van der Waals surface area contributed by atoms with Crippen molar-refractivity contribution in [2.75, 3.05) is 7.11 Å². The van der Waals surface area contributed by atoms with E-state index in [-0.39, 0.29) is 5.04 Å². The average molecular weight is 388 g/mol. The highest BCUT2D eigenvalue weighted by Crippen LogP contribution is 2.42. The Labute approximate surface area is 139 Å². The molecule has 1 heterocycles. The number of halogens is 1.